The fourth-order valence-corrected chi connectivity index (χ4v) is 1.28. The number of carbonyl (C=O) groups excluding carboxylic acids is 1. The van der Waals surface area contributed by atoms with Crippen LogP contribution in [-0.4, -0.2) is 29.3 Å². The molecule has 0 saturated carbocycles. The minimum Gasteiger partial charge on any atom is -0.452 e. The third kappa shape index (κ3) is 3.44. The number of aliphatic hydroxyl groups is 1. The van der Waals surface area contributed by atoms with Crippen LogP contribution in [0.2, 0.25) is 0 Å². The van der Waals surface area contributed by atoms with E-state index in [-0.39, 0.29) is 12.2 Å². The number of aliphatic hydroxyl groups excluding tert-OH is 1. The standard InChI is InChI=1S/C12H11F5O3/c1-7(11(13,14)12(15,16)17)20-10(19)9-4-2-8(6-18)3-5-9/h2-5,7,18H,6H2,1H3. The number of hydrogen-bond acceptors (Lipinski definition) is 3. The van der Waals surface area contributed by atoms with E-state index in [0.717, 1.165) is 12.1 Å². The Kier molecular flexibility index (Phi) is 4.69. The third-order valence-corrected chi connectivity index (χ3v) is 2.54. The molecule has 3 nitrogen and oxygen atoms in total. The maximum Gasteiger partial charge on any atom is 0.457 e. The number of alkyl halides is 5. The first-order valence-corrected chi connectivity index (χ1v) is 5.45. The summed E-state index contributed by atoms with van der Waals surface area (Å²) in [6.07, 6.45) is -8.44. The van der Waals surface area contributed by atoms with Crippen molar-refractivity contribution in [3.63, 3.8) is 0 Å². The van der Waals surface area contributed by atoms with Gasteiger partial charge in [-0.3, -0.25) is 0 Å². The Morgan fingerprint density at radius 3 is 2.10 bits per heavy atom. The number of carbonyl (C=O) groups is 1. The molecule has 1 N–H and O–H groups in total. The molecule has 0 aromatic heterocycles. The van der Waals surface area contributed by atoms with Crippen LogP contribution in [0.25, 0.3) is 0 Å². The SMILES string of the molecule is CC(OC(=O)c1ccc(CO)cc1)C(F)(F)C(F)(F)F. The van der Waals surface area contributed by atoms with E-state index in [4.69, 9.17) is 5.11 Å². The Labute approximate surface area is 111 Å². The topological polar surface area (TPSA) is 46.5 Å². The maximum absolute atomic E-state index is 12.9. The van der Waals surface area contributed by atoms with E-state index in [1.165, 1.54) is 12.1 Å². The van der Waals surface area contributed by atoms with Gasteiger partial charge in [-0.1, -0.05) is 12.1 Å². The van der Waals surface area contributed by atoms with E-state index in [2.05, 4.69) is 4.74 Å². The van der Waals surface area contributed by atoms with E-state index in [0.29, 0.717) is 12.5 Å². The van der Waals surface area contributed by atoms with Crippen LogP contribution in [0.5, 0.6) is 0 Å². The van der Waals surface area contributed by atoms with Gasteiger partial charge in [0.05, 0.1) is 12.2 Å². The van der Waals surface area contributed by atoms with Crippen LogP contribution < -0.4 is 0 Å². The second-order valence-electron chi connectivity index (χ2n) is 4.02. The van der Waals surface area contributed by atoms with Crippen LogP contribution in [0, 0.1) is 0 Å². The van der Waals surface area contributed by atoms with Crippen LogP contribution in [0.3, 0.4) is 0 Å². The Morgan fingerprint density at radius 2 is 1.70 bits per heavy atom. The van der Waals surface area contributed by atoms with Gasteiger partial charge in [0.15, 0.2) is 6.10 Å². The lowest BCUT2D eigenvalue weighted by molar-refractivity contribution is -0.309. The van der Waals surface area contributed by atoms with Crippen molar-refractivity contribution in [3.05, 3.63) is 35.4 Å². The first-order chi connectivity index (χ1) is 9.09. The van der Waals surface area contributed by atoms with Crippen molar-refractivity contribution in [1.29, 1.82) is 0 Å². The quantitative estimate of drug-likeness (QED) is 0.687. The van der Waals surface area contributed by atoms with Crippen LogP contribution in [-0.2, 0) is 11.3 Å². The fourth-order valence-electron chi connectivity index (χ4n) is 1.28. The van der Waals surface area contributed by atoms with Gasteiger partial charge in [-0.05, 0) is 24.6 Å². The van der Waals surface area contributed by atoms with E-state index in [1.54, 1.807) is 0 Å². The van der Waals surface area contributed by atoms with Crippen LogP contribution in [0.1, 0.15) is 22.8 Å². The number of esters is 1. The highest BCUT2D eigenvalue weighted by molar-refractivity contribution is 5.89. The van der Waals surface area contributed by atoms with E-state index >= 15 is 0 Å². The molecule has 0 aliphatic rings. The molecule has 0 heterocycles. The summed E-state index contributed by atoms with van der Waals surface area (Å²) in [5.41, 5.74) is 0.266. The second kappa shape index (κ2) is 5.74. The number of benzene rings is 1. The summed E-state index contributed by atoms with van der Waals surface area (Å²) in [7, 11) is 0. The predicted octanol–water partition coefficient (Wildman–Crippen LogP) is 2.92. The van der Waals surface area contributed by atoms with Gasteiger partial charge in [-0.2, -0.15) is 22.0 Å². The minimum absolute atomic E-state index is 0.188. The third-order valence-electron chi connectivity index (χ3n) is 2.54. The molecular weight excluding hydrogens is 287 g/mol. The molecule has 1 aromatic carbocycles. The zero-order valence-electron chi connectivity index (χ0n) is 10.2. The van der Waals surface area contributed by atoms with Gasteiger partial charge in [0.1, 0.15) is 0 Å². The molecule has 1 unspecified atom stereocenters. The average Bonchev–Trinajstić information content (AvgIpc) is 2.37. The molecule has 0 amide bonds. The van der Waals surface area contributed by atoms with Crippen LogP contribution in [0.4, 0.5) is 22.0 Å². The predicted molar refractivity (Wildman–Crippen MR) is 58.2 cm³/mol. The van der Waals surface area contributed by atoms with Crippen molar-refractivity contribution in [2.75, 3.05) is 0 Å². The Bertz CT molecular complexity index is 467. The van der Waals surface area contributed by atoms with E-state index in [9.17, 15) is 26.7 Å². The summed E-state index contributed by atoms with van der Waals surface area (Å²) >= 11 is 0. The summed E-state index contributed by atoms with van der Waals surface area (Å²) in [5.74, 6) is -6.43. The summed E-state index contributed by atoms with van der Waals surface area (Å²) in [6, 6.07) is 4.96. The van der Waals surface area contributed by atoms with Gasteiger partial charge in [0, 0.05) is 0 Å². The van der Waals surface area contributed by atoms with Gasteiger partial charge in [0.25, 0.3) is 0 Å². The van der Waals surface area contributed by atoms with Gasteiger partial charge in [-0.25, -0.2) is 4.79 Å². The average molecular weight is 298 g/mol. The Balaban J connectivity index is 2.79. The molecule has 0 saturated heterocycles. The summed E-state index contributed by atoms with van der Waals surface area (Å²) in [5, 5.41) is 8.77. The largest absolute Gasteiger partial charge is 0.457 e. The van der Waals surface area contributed by atoms with Crippen molar-refractivity contribution in [3.8, 4) is 0 Å². The van der Waals surface area contributed by atoms with Crippen molar-refractivity contribution >= 4 is 5.97 Å². The van der Waals surface area contributed by atoms with Crippen molar-refractivity contribution in [1.82, 2.24) is 0 Å². The van der Waals surface area contributed by atoms with Crippen molar-refractivity contribution < 1.29 is 36.6 Å². The molecule has 1 atom stereocenters. The molecular formula is C12H11F5O3. The minimum atomic E-state index is -5.80. The molecule has 8 heteroatoms. The summed E-state index contributed by atoms with van der Waals surface area (Å²) in [6.45, 7) is 0.172. The molecule has 0 bridgehead atoms. The summed E-state index contributed by atoms with van der Waals surface area (Å²) < 4.78 is 66.1. The monoisotopic (exact) mass is 298 g/mol. The lowest BCUT2D eigenvalue weighted by Crippen LogP contribution is -2.47. The van der Waals surface area contributed by atoms with E-state index in [1.807, 2.05) is 0 Å². The molecule has 1 aromatic rings. The van der Waals surface area contributed by atoms with Gasteiger partial charge in [0.2, 0.25) is 0 Å². The summed E-state index contributed by atoms with van der Waals surface area (Å²) in [4.78, 5) is 11.4. The molecule has 0 aliphatic heterocycles. The van der Waals surface area contributed by atoms with Crippen LogP contribution >= 0.6 is 0 Å². The molecule has 112 valence electrons. The Morgan fingerprint density at radius 1 is 1.20 bits per heavy atom. The molecule has 0 spiro atoms. The normalized spacial score (nSPS) is 13.9. The zero-order valence-corrected chi connectivity index (χ0v) is 10.2. The van der Waals surface area contributed by atoms with E-state index < -0.39 is 24.2 Å². The molecule has 0 aliphatic carbocycles. The number of halogens is 5. The lowest BCUT2D eigenvalue weighted by atomic mass is 10.1. The molecule has 0 radical (unpaired) electrons. The molecule has 20 heavy (non-hydrogen) atoms. The zero-order chi connectivity index (χ0) is 15.6. The number of hydrogen-bond donors (Lipinski definition) is 1. The smallest absolute Gasteiger partial charge is 0.452 e. The highest BCUT2D eigenvalue weighted by Crippen LogP contribution is 2.39. The molecule has 0 fully saturated rings. The first kappa shape index (κ1) is 16.4. The highest BCUT2D eigenvalue weighted by atomic mass is 19.4. The fraction of sp³-hybridized carbons (Fsp3) is 0.417. The van der Waals surface area contributed by atoms with Gasteiger partial charge < -0.3 is 9.84 Å². The van der Waals surface area contributed by atoms with Crippen molar-refractivity contribution in [2.45, 2.75) is 31.7 Å². The van der Waals surface area contributed by atoms with Crippen LogP contribution in [0.15, 0.2) is 24.3 Å². The second-order valence-corrected chi connectivity index (χ2v) is 4.02. The highest BCUT2D eigenvalue weighted by Gasteiger charge is 2.62. The van der Waals surface area contributed by atoms with Gasteiger partial charge in [-0.15, -0.1) is 0 Å². The first-order valence-electron chi connectivity index (χ1n) is 5.45. The number of rotatable bonds is 4. The number of ether oxygens (including phenoxy) is 1. The molecule has 1 rings (SSSR count). The lowest BCUT2D eigenvalue weighted by Gasteiger charge is -2.25. The van der Waals surface area contributed by atoms with Gasteiger partial charge >= 0.3 is 18.1 Å². The maximum atomic E-state index is 12.9. The Hall–Kier alpha value is -1.70. The van der Waals surface area contributed by atoms with Crippen molar-refractivity contribution in [2.24, 2.45) is 0 Å².